The average Bonchev–Trinajstić information content (AvgIpc) is 3.22. The van der Waals surface area contributed by atoms with Crippen molar-refractivity contribution in [2.75, 3.05) is 16.8 Å². The zero-order chi connectivity index (χ0) is 19.0. The highest BCUT2D eigenvalue weighted by Gasteiger charge is 2.35. The van der Waals surface area contributed by atoms with Gasteiger partial charge in [-0.1, -0.05) is 29.8 Å². The molecule has 4 rings (SSSR count). The molecule has 1 N–H and O–H groups in total. The van der Waals surface area contributed by atoms with Gasteiger partial charge in [0.15, 0.2) is 0 Å². The zero-order valence-corrected chi connectivity index (χ0v) is 15.5. The van der Waals surface area contributed by atoms with Gasteiger partial charge in [-0.3, -0.25) is 14.9 Å². The molecule has 27 heavy (non-hydrogen) atoms. The molecule has 1 aliphatic heterocycles. The normalized spacial score (nSPS) is 16.9. The summed E-state index contributed by atoms with van der Waals surface area (Å²) in [4.78, 5) is 31.4. The maximum absolute atomic E-state index is 12.8. The zero-order valence-electron chi connectivity index (χ0n) is 15.5. The van der Waals surface area contributed by atoms with Gasteiger partial charge < -0.3 is 9.47 Å². The number of hydrogen-bond donors (Lipinski definition) is 1. The lowest BCUT2D eigenvalue weighted by atomic mass is 10.1. The van der Waals surface area contributed by atoms with Crippen LogP contribution in [0.15, 0.2) is 48.5 Å². The highest BCUT2D eigenvalue weighted by Crippen LogP contribution is 2.27. The summed E-state index contributed by atoms with van der Waals surface area (Å²) < 4.78 is 1.97. The predicted octanol–water partition coefficient (Wildman–Crippen LogP) is 3.36. The van der Waals surface area contributed by atoms with Gasteiger partial charge in [-0.2, -0.15) is 0 Å². The number of fused-ring (bicyclic) bond motifs is 1. The lowest BCUT2D eigenvalue weighted by Gasteiger charge is -2.17. The number of aryl methyl sites for hydroxylation is 2. The number of carbonyl (C=O) groups excluding carboxylic acids is 2. The number of carbonyl (C=O) groups is 2. The molecule has 0 saturated carbocycles. The number of benzene rings is 2. The molecule has 0 radical (unpaired) electrons. The highest BCUT2D eigenvalue weighted by atomic mass is 16.2. The third-order valence-electron chi connectivity index (χ3n) is 5.05. The van der Waals surface area contributed by atoms with Crippen LogP contribution in [0.2, 0.25) is 0 Å². The molecule has 1 atom stereocenters. The number of para-hydroxylation sites is 2. The third-order valence-corrected chi connectivity index (χ3v) is 5.05. The van der Waals surface area contributed by atoms with Crippen molar-refractivity contribution in [1.29, 1.82) is 0 Å². The molecule has 1 unspecified atom stereocenters. The molecular weight excluding hydrogens is 340 g/mol. The minimum atomic E-state index is -0.385. The maximum Gasteiger partial charge on any atom is 0.232 e. The van der Waals surface area contributed by atoms with E-state index in [0.717, 1.165) is 22.3 Å². The molecular formula is C21H22N4O2. The van der Waals surface area contributed by atoms with E-state index in [1.165, 1.54) is 0 Å². The van der Waals surface area contributed by atoms with Crippen LogP contribution in [0.3, 0.4) is 0 Å². The van der Waals surface area contributed by atoms with Crippen LogP contribution in [0.5, 0.6) is 0 Å². The van der Waals surface area contributed by atoms with Gasteiger partial charge in [0.25, 0.3) is 0 Å². The molecule has 0 aliphatic carbocycles. The molecule has 0 bridgehead atoms. The Morgan fingerprint density at radius 1 is 1.19 bits per heavy atom. The van der Waals surface area contributed by atoms with E-state index in [1.54, 1.807) is 4.90 Å². The minimum absolute atomic E-state index is 0.0250. The molecule has 6 heteroatoms. The lowest BCUT2D eigenvalue weighted by Crippen LogP contribution is -2.28. The van der Waals surface area contributed by atoms with Gasteiger partial charge in [0.1, 0.15) is 0 Å². The predicted molar refractivity (Wildman–Crippen MR) is 106 cm³/mol. The maximum atomic E-state index is 12.8. The SMILES string of the molecule is CCn1c(NC(=O)C2CC(=O)N(c3ccc(C)cc3)C2)nc2ccccc21. The second kappa shape index (κ2) is 6.87. The van der Waals surface area contributed by atoms with Crippen LogP contribution in [-0.2, 0) is 16.1 Å². The van der Waals surface area contributed by atoms with Crippen molar-refractivity contribution in [1.82, 2.24) is 9.55 Å². The molecule has 138 valence electrons. The second-order valence-corrected chi connectivity index (χ2v) is 6.90. The molecule has 1 aliphatic rings. The van der Waals surface area contributed by atoms with Gasteiger partial charge in [0.05, 0.1) is 17.0 Å². The second-order valence-electron chi connectivity index (χ2n) is 6.90. The first-order valence-electron chi connectivity index (χ1n) is 9.20. The smallest absolute Gasteiger partial charge is 0.232 e. The Bertz CT molecular complexity index is 1010. The van der Waals surface area contributed by atoms with E-state index in [2.05, 4.69) is 10.3 Å². The molecule has 1 aromatic heterocycles. The number of rotatable bonds is 4. The summed E-state index contributed by atoms with van der Waals surface area (Å²) in [5, 5.41) is 2.93. The molecule has 1 fully saturated rings. The summed E-state index contributed by atoms with van der Waals surface area (Å²) in [5.74, 6) is -0.0418. The van der Waals surface area contributed by atoms with E-state index in [1.807, 2.05) is 66.9 Å². The van der Waals surface area contributed by atoms with Crippen LogP contribution in [-0.4, -0.2) is 27.9 Å². The van der Waals surface area contributed by atoms with Gasteiger partial charge in [0.2, 0.25) is 17.8 Å². The van der Waals surface area contributed by atoms with E-state index >= 15 is 0 Å². The number of hydrogen-bond acceptors (Lipinski definition) is 3. The number of nitrogens with one attached hydrogen (secondary N) is 1. The van der Waals surface area contributed by atoms with Crippen molar-refractivity contribution in [3.8, 4) is 0 Å². The number of imidazole rings is 1. The Balaban J connectivity index is 1.52. The summed E-state index contributed by atoms with van der Waals surface area (Å²) in [5.41, 5.74) is 3.80. The largest absolute Gasteiger partial charge is 0.312 e. The van der Waals surface area contributed by atoms with E-state index in [0.29, 0.717) is 19.0 Å². The average molecular weight is 362 g/mol. The van der Waals surface area contributed by atoms with Crippen LogP contribution >= 0.6 is 0 Å². The molecule has 0 spiro atoms. The third kappa shape index (κ3) is 3.18. The molecule has 1 saturated heterocycles. The van der Waals surface area contributed by atoms with Gasteiger partial charge >= 0.3 is 0 Å². The fourth-order valence-electron chi connectivity index (χ4n) is 3.56. The van der Waals surface area contributed by atoms with Gasteiger partial charge in [-0.15, -0.1) is 0 Å². The van der Waals surface area contributed by atoms with Crippen molar-refractivity contribution < 1.29 is 9.59 Å². The minimum Gasteiger partial charge on any atom is -0.312 e. The summed E-state index contributed by atoms with van der Waals surface area (Å²) in [6.07, 6.45) is 0.214. The summed E-state index contributed by atoms with van der Waals surface area (Å²) in [7, 11) is 0. The molecule has 3 aromatic rings. The number of anilines is 2. The summed E-state index contributed by atoms with van der Waals surface area (Å²) >= 11 is 0. The Morgan fingerprint density at radius 2 is 1.93 bits per heavy atom. The molecule has 2 amide bonds. The summed E-state index contributed by atoms with van der Waals surface area (Å²) in [6, 6.07) is 15.6. The van der Waals surface area contributed by atoms with Crippen molar-refractivity contribution in [3.63, 3.8) is 0 Å². The first-order valence-corrected chi connectivity index (χ1v) is 9.20. The van der Waals surface area contributed by atoms with Gasteiger partial charge in [0, 0.05) is 25.2 Å². The van der Waals surface area contributed by atoms with Gasteiger partial charge in [-0.25, -0.2) is 4.98 Å². The molecule has 2 aromatic carbocycles. The highest BCUT2D eigenvalue weighted by molar-refractivity contribution is 6.03. The van der Waals surface area contributed by atoms with Crippen LogP contribution in [0, 0.1) is 12.8 Å². The van der Waals surface area contributed by atoms with Gasteiger partial charge in [-0.05, 0) is 38.1 Å². The molecule has 2 heterocycles. The molecule has 6 nitrogen and oxygen atoms in total. The summed E-state index contributed by atoms with van der Waals surface area (Å²) in [6.45, 7) is 5.11. The first-order chi connectivity index (χ1) is 13.1. The van der Waals surface area contributed by atoms with Crippen molar-refractivity contribution >= 4 is 34.5 Å². The van der Waals surface area contributed by atoms with E-state index in [-0.39, 0.29) is 24.2 Å². The van der Waals surface area contributed by atoms with E-state index in [9.17, 15) is 9.59 Å². The van der Waals surface area contributed by atoms with Crippen molar-refractivity contribution in [3.05, 3.63) is 54.1 Å². The van der Waals surface area contributed by atoms with Crippen LogP contribution < -0.4 is 10.2 Å². The van der Waals surface area contributed by atoms with E-state index < -0.39 is 0 Å². The van der Waals surface area contributed by atoms with Crippen LogP contribution in [0.25, 0.3) is 11.0 Å². The van der Waals surface area contributed by atoms with Crippen LogP contribution in [0.1, 0.15) is 18.9 Å². The fraction of sp³-hybridized carbons (Fsp3) is 0.286. The van der Waals surface area contributed by atoms with E-state index in [4.69, 9.17) is 0 Å². The lowest BCUT2D eigenvalue weighted by molar-refractivity contribution is -0.122. The van der Waals surface area contributed by atoms with Crippen molar-refractivity contribution in [2.24, 2.45) is 5.92 Å². The standard InChI is InChI=1S/C21H22N4O2/c1-3-24-18-7-5-4-6-17(18)22-21(24)23-20(27)15-12-19(26)25(13-15)16-10-8-14(2)9-11-16/h4-11,15H,3,12-13H2,1-2H3,(H,22,23,27). The quantitative estimate of drug-likeness (QED) is 0.774. The Labute approximate surface area is 157 Å². The fourth-order valence-corrected chi connectivity index (χ4v) is 3.56. The topological polar surface area (TPSA) is 67.2 Å². The van der Waals surface area contributed by atoms with Crippen LogP contribution in [0.4, 0.5) is 11.6 Å². The Kier molecular flexibility index (Phi) is 4.39. The Hall–Kier alpha value is -3.15. The number of amides is 2. The monoisotopic (exact) mass is 362 g/mol. The number of nitrogens with zero attached hydrogens (tertiary/aromatic N) is 3. The van der Waals surface area contributed by atoms with Crippen molar-refractivity contribution in [2.45, 2.75) is 26.8 Å². The number of aromatic nitrogens is 2. The first kappa shape index (κ1) is 17.3. The Morgan fingerprint density at radius 3 is 2.67 bits per heavy atom.